The zero-order valence-electron chi connectivity index (χ0n) is 11.9. The molecular formula is C15H18N4S. The van der Waals surface area contributed by atoms with E-state index in [0.29, 0.717) is 0 Å². The highest BCUT2D eigenvalue weighted by molar-refractivity contribution is 7.16. The minimum atomic E-state index is 0.286. The lowest BCUT2D eigenvalue weighted by atomic mass is 10.2. The lowest BCUT2D eigenvalue weighted by Gasteiger charge is -2.11. The summed E-state index contributed by atoms with van der Waals surface area (Å²) < 4.78 is 2.16. The van der Waals surface area contributed by atoms with Crippen molar-refractivity contribution in [3.05, 3.63) is 29.3 Å². The Morgan fingerprint density at radius 1 is 1.40 bits per heavy atom. The lowest BCUT2D eigenvalue weighted by Crippen LogP contribution is -2.04. The zero-order valence-corrected chi connectivity index (χ0v) is 12.7. The fourth-order valence-corrected chi connectivity index (χ4v) is 3.28. The average molecular weight is 286 g/mol. The number of pyridine rings is 1. The summed E-state index contributed by atoms with van der Waals surface area (Å²) in [5, 5.41) is 0.832. The Hall–Kier alpha value is -1.88. The lowest BCUT2D eigenvalue weighted by molar-refractivity contribution is 0.620. The number of thiophene rings is 1. The molecule has 0 aliphatic rings. The van der Waals surface area contributed by atoms with Crippen molar-refractivity contribution < 1.29 is 0 Å². The third-order valence-electron chi connectivity index (χ3n) is 3.37. The Bertz CT molecular complexity index is 754. The first-order chi connectivity index (χ1) is 9.61. The van der Waals surface area contributed by atoms with Crippen LogP contribution in [0.5, 0.6) is 0 Å². The van der Waals surface area contributed by atoms with Crippen molar-refractivity contribution >= 4 is 27.5 Å². The van der Waals surface area contributed by atoms with Crippen LogP contribution in [0.3, 0.4) is 0 Å². The van der Waals surface area contributed by atoms with Crippen LogP contribution in [0.25, 0.3) is 22.6 Å². The molecule has 3 heterocycles. The first-order valence-corrected chi connectivity index (χ1v) is 7.65. The van der Waals surface area contributed by atoms with Crippen LogP contribution in [-0.4, -0.2) is 14.5 Å². The number of hydrogen-bond acceptors (Lipinski definition) is 4. The highest BCUT2D eigenvalue weighted by atomic mass is 32.1. The fraction of sp³-hybridized carbons (Fsp3) is 0.333. The molecule has 0 unspecified atom stereocenters. The largest absolute Gasteiger partial charge is 0.390 e. The molecule has 104 valence electrons. The molecule has 0 radical (unpaired) electrons. The molecule has 2 N–H and O–H groups in total. The minimum absolute atomic E-state index is 0.286. The van der Waals surface area contributed by atoms with Crippen LogP contribution in [0, 0.1) is 0 Å². The van der Waals surface area contributed by atoms with Gasteiger partial charge >= 0.3 is 0 Å². The van der Waals surface area contributed by atoms with Crippen LogP contribution in [0.15, 0.2) is 24.4 Å². The molecule has 0 aliphatic carbocycles. The maximum absolute atomic E-state index is 6.18. The second-order valence-electron chi connectivity index (χ2n) is 5.09. The molecule has 5 heteroatoms. The summed E-state index contributed by atoms with van der Waals surface area (Å²) in [6, 6.07) is 6.35. The summed E-state index contributed by atoms with van der Waals surface area (Å²) in [6.07, 6.45) is 2.80. The van der Waals surface area contributed by atoms with Gasteiger partial charge in [0.1, 0.15) is 11.3 Å². The van der Waals surface area contributed by atoms with Crippen molar-refractivity contribution in [2.45, 2.75) is 33.2 Å². The summed E-state index contributed by atoms with van der Waals surface area (Å²) in [4.78, 5) is 10.5. The Morgan fingerprint density at radius 2 is 2.20 bits per heavy atom. The van der Waals surface area contributed by atoms with Crippen LogP contribution < -0.4 is 5.73 Å². The molecule has 0 atom stereocenters. The quantitative estimate of drug-likeness (QED) is 0.794. The van der Waals surface area contributed by atoms with E-state index in [-0.39, 0.29) is 6.04 Å². The van der Waals surface area contributed by atoms with Gasteiger partial charge in [0, 0.05) is 17.1 Å². The zero-order chi connectivity index (χ0) is 14.3. The number of hydrogen-bond donors (Lipinski definition) is 1. The highest BCUT2D eigenvalue weighted by Crippen LogP contribution is 2.36. The van der Waals surface area contributed by atoms with Crippen LogP contribution in [0.1, 0.15) is 31.7 Å². The van der Waals surface area contributed by atoms with Gasteiger partial charge in [-0.2, -0.15) is 0 Å². The van der Waals surface area contributed by atoms with E-state index < -0.39 is 0 Å². The monoisotopic (exact) mass is 286 g/mol. The molecule has 0 amide bonds. The molecule has 0 aliphatic heterocycles. The summed E-state index contributed by atoms with van der Waals surface area (Å²) in [5.74, 6) is 0.919. The molecule has 3 aromatic rings. The molecule has 0 spiro atoms. The Balaban J connectivity index is 2.29. The molecule has 0 fully saturated rings. The summed E-state index contributed by atoms with van der Waals surface area (Å²) in [6.45, 7) is 6.42. The predicted octanol–water partition coefficient (Wildman–Crippen LogP) is 3.89. The summed E-state index contributed by atoms with van der Waals surface area (Å²) in [5.41, 5.74) is 9.05. The average Bonchev–Trinajstić information content (AvgIpc) is 2.98. The van der Waals surface area contributed by atoms with Crippen molar-refractivity contribution in [1.29, 1.82) is 0 Å². The van der Waals surface area contributed by atoms with Crippen LogP contribution >= 0.6 is 11.3 Å². The number of aryl methyl sites for hydroxylation is 1. The Labute approximate surface area is 122 Å². The van der Waals surface area contributed by atoms with Crippen LogP contribution in [0.4, 0.5) is 5.00 Å². The van der Waals surface area contributed by atoms with Crippen LogP contribution in [-0.2, 0) is 6.42 Å². The van der Waals surface area contributed by atoms with Crippen LogP contribution in [0.2, 0.25) is 0 Å². The van der Waals surface area contributed by atoms with E-state index in [1.54, 1.807) is 17.5 Å². The van der Waals surface area contributed by atoms with Gasteiger partial charge in [-0.1, -0.05) is 6.92 Å². The highest BCUT2D eigenvalue weighted by Gasteiger charge is 2.19. The van der Waals surface area contributed by atoms with Gasteiger partial charge in [-0.25, -0.2) is 9.97 Å². The number of nitrogen functional groups attached to an aromatic ring is 1. The van der Waals surface area contributed by atoms with E-state index in [1.165, 1.54) is 4.88 Å². The summed E-state index contributed by atoms with van der Waals surface area (Å²) >= 11 is 1.64. The molecule has 0 bridgehead atoms. The maximum atomic E-state index is 6.18. The van der Waals surface area contributed by atoms with Crippen molar-refractivity contribution in [1.82, 2.24) is 14.5 Å². The number of anilines is 1. The normalized spacial score (nSPS) is 11.6. The van der Waals surface area contributed by atoms with Gasteiger partial charge in [-0.05, 0) is 38.5 Å². The second-order valence-corrected chi connectivity index (χ2v) is 6.26. The SMILES string of the molecule is CCc1cc(-c2nc3cccnc3n2C(C)C)c(N)s1. The second kappa shape index (κ2) is 4.90. The number of fused-ring (bicyclic) bond motifs is 1. The molecule has 0 saturated carbocycles. The van der Waals surface area contributed by atoms with Gasteiger partial charge in [0.15, 0.2) is 5.65 Å². The Kier molecular flexibility index (Phi) is 3.22. The van der Waals surface area contributed by atoms with E-state index in [9.17, 15) is 0 Å². The first kappa shape index (κ1) is 13.1. The topological polar surface area (TPSA) is 56.7 Å². The van der Waals surface area contributed by atoms with E-state index in [2.05, 4.69) is 36.4 Å². The third kappa shape index (κ3) is 1.98. The van der Waals surface area contributed by atoms with Gasteiger partial charge < -0.3 is 10.3 Å². The fourth-order valence-electron chi connectivity index (χ4n) is 2.42. The predicted molar refractivity (Wildman–Crippen MR) is 85.0 cm³/mol. The van der Waals surface area contributed by atoms with E-state index >= 15 is 0 Å². The molecule has 0 aromatic carbocycles. The third-order valence-corrected chi connectivity index (χ3v) is 4.47. The van der Waals surface area contributed by atoms with Gasteiger partial charge in [0.2, 0.25) is 0 Å². The van der Waals surface area contributed by atoms with Crippen molar-refractivity contribution in [3.8, 4) is 11.4 Å². The van der Waals surface area contributed by atoms with Crippen molar-refractivity contribution in [3.63, 3.8) is 0 Å². The first-order valence-electron chi connectivity index (χ1n) is 6.83. The summed E-state index contributed by atoms with van der Waals surface area (Å²) in [7, 11) is 0. The minimum Gasteiger partial charge on any atom is -0.390 e. The molecule has 3 aromatic heterocycles. The smallest absolute Gasteiger partial charge is 0.160 e. The van der Waals surface area contributed by atoms with Gasteiger partial charge in [-0.15, -0.1) is 11.3 Å². The molecule has 20 heavy (non-hydrogen) atoms. The number of aromatic nitrogens is 3. The number of nitrogens with two attached hydrogens (primary N) is 1. The van der Waals surface area contributed by atoms with Crippen molar-refractivity contribution in [2.75, 3.05) is 5.73 Å². The standard InChI is InChI=1S/C15H18N4S/c1-4-10-8-11(13(16)20-10)14-18-12-6-5-7-17-15(12)19(14)9(2)3/h5-9H,4,16H2,1-3H3. The number of nitrogens with zero attached hydrogens (tertiary/aromatic N) is 3. The van der Waals surface area contributed by atoms with Gasteiger partial charge in [0.05, 0.1) is 10.6 Å². The molecular weight excluding hydrogens is 268 g/mol. The van der Waals surface area contributed by atoms with E-state index in [0.717, 1.165) is 34.0 Å². The van der Waals surface area contributed by atoms with E-state index in [4.69, 9.17) is 10.7 Å². The number of imidazole rings is 1. The van der Waals surface area contributed by atoms with Gasteiger partial charge in [0.25, 0.3) is 0 Å². The molecule has 3 rings (SSSR count). The van der Waals surface area contributed by atoms with Crippen molar-refractivity contribution in [2.24, 2.45) is 0 Å². The molecule has 0 saturated heterocycles. The van der Waals surface area contributed by atoms with E-state index in [1.807, 2.05) is 12.1 Å². The Morgan fingerprint density at radius 3 is 2.85 bits per heavy atom. The molecule has 4 nitrogen and oxygen atoms in total. The maximum Gasteiger partial charge on any atom is 0.160 e. The van der Waals surface area contributed by atoms with Gasteiger partial charge in [-0.3, -0.25) is 0 Å². The number of rotatable bonds is 3.